The van der Waals surface area contributed by atoms with Crippen molar-refractivity contribution in [2.75, 3.05) is 13.2 Å². The summed E-state index contributed by atoms with van der Waals surface area (Å²) < 4.78 is 5.69. The minimum atomic E-state index is -1.04. The zero-order chi connectivity index (χ0) is 15.1. The summed E-state index contributed by atoms with van der Waals surface area (Å²) in [6.07, 6.45) is 0. The van der Waals surface area contributed by atoms with Crippen molar-refractivity contribution in [1.82, 2.24) is 0 Å². The average Bonchev–Trinajstić information content (AvgIpc) is 2.55. The number of nitrogens with zero attached hydrogens (tertiary/aromatic N) is 1. The Morgan fingerprint density at radius 2 is 1.52 bits per heavy atom. The molecule has 0 aliphatic carbocycles. The molecule has 0 saturated heterocycles. The Balaban J connectivity index is 2.48. The Morgan fingerprint density at radius 3 is 1.90 bits per heavy atom. The summed E-state index contributed by atoms with van der Waals surface area (Å²) in [6, 6.07) is 22.0. The lowest BCUT2D eigenvalue weighted by Gasteiger charge is -2.32. The molecule has 0 aliphatic rings. The van der Waals surface area contributed by atoms with Crippen molar-refractivity contribution in [3.63, 3.8) is 0 Å². The Kier molecular flexibility index (Phi) is 5.10. The number of nitriles is 1. The maximum atomic E-state index is 9.65. The topological polar surface area (TPSA) is 53.2 Å². The summed E-state index contributed by atoms with van der Waals surface area (Å²) in [5.41, 5.74) is 1.00. The van der Waals surface area contributed by atoms with Crippen molar-refractivity contribution in [2.24, 2.45) is 0 Å². The van der Waals surface area contributed by atoms with Crippen LogP contribution in [0.4, 0.5) is 0 Å². The Bertz CT molecular complexity index is 552. The number of benzene rings is 2. The number of hydrogen-bond donors (Lipinski definition) is 1. The van der Waals surface area contributed by atoms with Crippen LogP contribution in [-0.2, 0) is 4.74 Å². The fourth-order valence-electron chi connectivity index (χ4n) is 2.56. The van der Waals surface area contributed by atoms with E-state index in [1.807, 2.05) is 60.7 Å². The standard InChI is InChI=1S/C18H19NO2/c1-18(14-19,21-13-12-20)17(15-8-4-2-5-9-15)16-10-6-3-7-11-16/h2-11,17,20H,12-13H2,1H3. The third kappa shape index (κ3) is 3.49. The van der Waals surface area contributed by atoms with Gasteiger partial charge in [-0.1, -0.05) is 60.7 Å². The van der Waals surface area contributed by atoms with Crippen LogP contribution in [0.25, 0.3) is 0 Å². The van der Waals surface area contributed by atoms with E-state index in [0.717, 1.165) is 11.1 Å². The van der Waals surface area contributed by atoms with E-state index in [4.69, 9.17) is 9.84 Å². The molecule has 0 amide bonds. The van der Waals surface area contributed by atoms with E-state index in [-0.39, 0.29) is 19.1 Å². The van der Waals surface area contributed by atoms with Crippen molar-refractivity contribution in [3.8, 4) is 6.07 Å². The van der Waals surface area contributed by atoms with Gasteiger partial charge in [-0.05, 0) is 18.1 Å². The van der Waals surface area contributed by atoms with Crippen LogP contribution in [0.5, 0.6) is 0 Å². The molecule has 3 nitrogen and oxygen atoms in total. The van der Waals surface area contributed by atoms with E-state index in [1.54, 1.807) is 6.92 Å². The number of ether oxygens (including phenoxy) is 1. The van der Waals surface area contributed by atoms with Gasteiger partial charge < -0.3 is 9.84 Å². The van der Waals surface area contributed by atoms with Crippen LogP contribution in [0.3, 0.4) is 0 Å². The molecule has 0 aromatic heterocycles. The van der Waals surface area contributed by atoms with Gasteiger partial charge in [0.1, 0.15) is 0 Å². The second kappa shape index (κ2) is 7.03. The highest BCUT2D eigenvalue weighted by atomic mass is 16.5. The number of aliphatic hydroxyl groups excluding tert-OH is 1. The molecule has 1 unspecified atom stereocenters. The molecular weight excluding hydrogens is 262 g/mol. The second-order valence-corrected chi connectivity index (χ2v) is 5.05. The largest absolute Gasteiger partial charge is 0.394 e. The molecule has 3 heteroatoms. The summed E-state index contributed by atoms with van der Waals surface area (Å²) in [5.74, 6) is -0.212. The van der Waals surface area contributed by atoms with Gasteiger partial charge in [0.15, 0.2) is 5.60 Å². The first-order chi connectivity index (χ1) is 10.2. The van der Waals surface area contributed by atoms with E-state index in [1.165, 1.54) is 0 Å². The van der Waals surface area contributed by atoms with Crippen LogP contribution in [0, 0.1) is 11.3 Å². The van der Waals surface area contributed by atoms with Gasteiger partial charge in [0, 0.05) is 0 Å². The van der Waals surface area contributed by atoms with Crippen molar-refractivity contribution >= 4 is 0 Å². The molecule has 0 heterocycles. The lowest BCUT2D eigenvalue weighted by atomic mass is 9.79. The van der Waals surface area contributed by atoms with Gasteiger partial charge in [-0.3, -0.25) is 0 Å². The van der Waals surface area contributed by atoms with Gasteiger partial charge in [-0.15, -0.1) is 0 Å². The lowest BCUT2D eigenvalue weighted by Crippen LogP contribution is -2.36. The van der Waals surface area contributed by atoms with Crippen molar-refractivity contribution < 1.29 is 9.84 Å². The highest BCUT2D eigenvalue weighted by Gasteiger charge is 2.37. The van der Waals surface area contributed by atoms with E-state index in [0.29, 0.717) is 0 Å². The molecule has 0 radical (unpaired) electrons. The number of hydrogen-bond acceptors (Lipinski definition) is 3. The predicted octanol–water partition coefficient (Wildman–Crippen LogP) is 3.11. The highest BCUT2D eigenvalue weighted by molar-refractivity contribution is 5.38. The molecule has 2 aromatic rings. The van der Waals surface area contributed by atoms with Gasteiger partial charge in [0.2, 0.25) is 0 Å². The van der Waals surface area contributed by atoms with Crippen LogP contribution in [0.1, 0.15) is 24.0 Å². The van der Waals surface area contributed by atoms with E-state index < -0.39 is 5.60 Å². The summed E-state index contributed by atoms with van der Waals surface area (Å²) in [6.45, 7) is 1.81. The summed E-state index contributed by atoms with van der Waals surface area (Å²) >= 11 is 0. The Hall–Kier alpha value is -2.15. The second-order valence-electron chi connectivity index (χ2n) is 5.05. The Morgan fingerprint density at radius 1 is 1.05 bits per heavy atom. The maximum Gasteiger partial charge on any atom is 0.162 e. The van der Waals surface area contributed by atoms with Crippen LogP contribution in [0.2, 0.25) is 0 Å². The van der Waals surface area contributed by atoms with Gasteiger partial charge in [-0.25, -0.2) is 0 Å². The summed E-state index contributed by atoms with van der Waals surface area (Å²) in [7, 11) is 0. The lowest BCUT2D eigenvalue weighted by molar-refractivity contribution is -0.0174. The van der Waals surface area contributed by atoms with E-state index >= 15 is 0 Å². The monoisotopic (exact) mass is 281 g/mol. The molecule has 0 fully saturated rings. The predicted molar refractivity (Wildman–Crippen MR) is 81.8 cm³/mol. The van der Waals surface area contributed by atoms with Crippen LogP contribution in [0.15, 0.2) is 60.7 Å². The van der Waals surface area contributed by atoms with Crippen LogP contribution >= 0.6 is 0 Å². The molecule has 0 saturated carbocycles. The van der Waals surface area contributed by atoms with E-state index in [2.05, 4.69) is 6.07 Å². The average molecular weight is 281 g/mol. The van der Waals surface area contributed by atoms with Gasteiger partial charge in [-0.2, -0.15) is 5.26 Å². The summed E-state index contributed by atoms with van der Waals surface area (Å²) in [4.78, 5) is 0. The smallest absolute Gasteiger partial charge is 0.162 e. The van der Waals surface area contributed by atoms with Gasteiger partial charge in [0.05, 0.1) is 25.2 Å². The zero-order valence-corrected chi connectivity index (χ0v) is 12.1. The number of rotatable bonds is 6. The third-order valence-electron chi connectivity index (χ3n) is 3.53. The highest BCUT2D eigenvalue weighted by Crippen LogP contribution is 2.37. The molecular formula is C18H19NO2. The first kappa shape index (κ1) is 15.2. The zero-order valence-electron chi connectivity index (χ0n) is 12.1. The normalized spacial score (nSPS) is 13.6. The molecule has 1 N–H and O–H groups in total. The first-order valence-corrected chi connectivity index (χ1v) is 6.97. The SMILES string of the molecule is CC(C#N)(OCCO)C(c1ccccc1)c1ccccc1. The van der Waals surface area contributed by atoms with Crippen LogP contribution in [-0.4, -0.2) is 23.9 Å². The minimum absolute atomic E-state index is 0.104. The molecule has 0 spiro atoms. The summed E-state index contributed by atoms with van der Waals surface area (Å²) in [5, 5.41) is 18.7. The molecule has 0 bridgehead atoms. The quantitative estimate of drug-likeness (QED) is 0.885. The molecule has 1 atom stereocenters. The first-order valence-electron chi connectivity index (χ1n) is 6.97. The van der Waals surface area contributed by atoms with Crippen LogP contribution < -0.4 is 0 Å². The molecule has 21 heavy (non-hydrogen) atoms. The molecule has 108 valence electrons. The minimum Gasteiger partial charge on any atom is -0.394 e. The Labute approximate surface area is 125 Å². The fourth-order valence-corrected chi connectivity index (χ4v) is 2.56. The van der Waals surface area contributed by atoms with Crippen molar-refractivity contribution in [1.29, 1.82) is 5.26 Å². The van der Waals surface area contributed by atoms with Gasteiger partial charge in [0.25, 0.3) is 0 Å². The van der Waals surface area contributed by atoms with Crippen molar-refractivity contribution in [3.05, 3.63) is 71.8 Å². The van der Waals surface area contributed by atoms with E-state index in [9.17, 15) is 5.26 Å². The molecule has 2 rings (SSSR count). The van der Waals surface area contributed by atoms with Crippen molar-refractivity contribution in [2.45, 2.75) is 18.4 Å². The molecule has 2 aromatic carbocycles. The van der Waals surface area contributed by atoms with Gasteiger partial charge >= 0.3 is 0 Å². The fraction of sp³-hybridized carbons (Fsp3) is 0.278. The number of aliphatic hydroxyl groups is 1. The third-order valence-corrected chi connectivity index (χ3v) is 3.53. The molecule has 0 aliphatic heterocycles. The maximum absolute atomic E-state index is 9.65.